The van der Waals surface area contributed by atoms with E-state index >= 15 is 0 Å². The summed E-state index contributed by atoms with van der Waals surface area (Å²) in [4.78, 5) is 73.2. The number of benzene rings is 2. The summed E-state index contributed by atoms with van der Waals surface area (Å²) >= 11 is 2.50. The van der Waals surface area contributed by atoms with Crippen LogP contribution < -0.4 is 10.6 Å². The Morgan fingerprint density at radius 1 is 0.725 bits per heavy atom. The molecule has 6 aromatic rings. The average molecular weight is 722 g/mol. The Labute approximate surface area is 297 Å². The summed E-state index contributed by atoms with van der Waals surface area (Å²) in [6.07, 6.45) is 3.74. The summed E-state index contributed by atoms with van der Waals surface area (Å²) in [7, 11) is 0. The Kier molecular flexibility index (Phi) is 8.58. The molecule has 0 atom stereocenters. The second kappa shape index (κ2) is 13.5. The number of carboxylic acid groups (broad SMARTS) is 1. The number of aromatic carboxylic acids is 1. The van der Waals surface area contributed by atoms with Crippen LogP contribution in [0.25, 0.3) is 22.1 Å². The zero-order chi connectivity index (χ0) is 35.1. The van der Waals surface area contributed by atoms with Crippen molar-refractivity contribution >= 4 is 90.7 Å². The van der Waals surface area contributed by atoms with E-state index in [2.05, 4.69) is 40.5 Å². The molecule has 9 rings (SSSR count). The maximum atomic E-state index is 12.7. The smallest absolute Gasteiger partial charge is 0.352 e. The number of H-pyrrole nitrogens is 2. The number of carbonyl (C=O) groups is 4. The number of carboxylic acids is 1. The Morgan fingerprint density at radius 2 is 1.24 bits per heavy atom. The standard InChI is InChI=1S/C19H17N5O3S.C15H10N4O3S/c25-16-7-11-1-2-12(8-15(11)28-16)22-17-13-9-14(23-18(13)21-10-20-17)19(26)24-3-5-27-6-4-24;20-12-3-7-1-2-8(4-11(7)23-12)18-13-9-5-10(15(21)22)19-14(9)17-6-16-13/h1-2,8-10H,3-7H2,(H2,20,21,22,23);1-2,4-6H,3H2,(H,21,22)(H2,16,17,18,19). The van der Waals surface area contributed by atoms with E-state index in [9.17, 15) is 19.2 Å². The molecule has 3 aliphatic heterocycles. The molecule has 1 saturated heterocycles. The molecule has 0 spiro atoms. The first-order chi connectivity index (χ1) is 24.8. The molecule has 15 nitrogen and oxygen atoms in total. The van der Waals surface area contributed by atoms with Crippen LogP contribution >= 0.6 is 23.5 Å². The number of nitrogens with zero attached hydrogens (tertiary/aromatic N) is 5. The van der Waals surface area contributed by atoms with Gasteiger partial charge in [-0.05, 0) is 47.5 Å². The molecule has 0 bridgehead atoms. The summed E-state index contributed by atoms with van der Waals surface area (Å²) in [5.41, 5.74) is 5.27. The van der Waals surface area contributed by atoms with Crippen molar-refractivity contribution < 1.29 is 29.0 Å². The van der Waals surface area contributed by atoms with Gasteiger partial charge in [0, 0.05) is 47.1 Å². The Hall–Kier alpha value is -5.78. The van der Waals surface area contributed by atoms with Gasteiger partial charge in [-0.15, -0.1) is 0 Å². The largest absolute Gasteiger partial charge is 0.477 e. The summed E-state index contributed by atoms with van der Waals surface area (Å²) in [6.45, 7) is 2.27. The van der Waals surface area contributed by atoms with Crippen LogP contribution in [0, 0.1) is 0 Å². The van der Waals surface area contributed by atoms with Crippen molar-refractivity contribution in [1.29, 1.82) is 0 Å². The van der Waals surface area contributed by atoms with E-state index in [-0.39, 0.29) is 21.8 Å². The van der Waals surface area contributed by atoms with Gasteiger partial charge >= 0.3 is 5.97 Å². The SMILES string of the molecule is O=C1Cc2ccc(Nc3ncnc4[nH]c(C(=O)N5CCOCC5)cc34)cc2S1.O=C1Cc2ccc(Nc3ncnc4[nH]c(C(=O)O)cc34)cc2S1. The number of anilines is 4. The highest BCUT2D eigenvalue weighted by molar-refractivity contribution is 8.14. The lowest BCUT2D eigenvalue weighted by molar-refractivity contribution is -0.110. The second-order valence-electron chi connectivity index (χ2n) is 11.7. The molecule has 51 heavy (non-hydrogen) atoms. The average Bonchev–Trinajstić information content (AvgIpc) is 3.92. The molecule has 1 amide bonds. The minimum Gasteiger partial charge on any atom is -0.477 e. The highest BCUT2D eigenvalue weighted by Gasteiger charge is 2.23. The molecule has 4 aromatic heterocycles. The minimum absolute atomic E-state index is 0.0543. The van der Waals surface area contributed by atoms with Crippen LogP contribution in [0.2, 0.25) is 0 Å². The van der Waals surface area contributed by atoms with Gasteiger partial charge in [-0.2, -0.15) is 0 Å². The van der Waals surface area contributed by atoms with Gasteiger partial charge in [0.1, 0.15) is 47.0 Å². The number of thioether (sulfide) groups is 2. The number of aromatic nitrogens is 6. The van der Waals surface area contributed by atoms with Gasteiger partial charge in [-0.3, -0.25) is 14.4 Å². The molecule has 2 aromatic carbocycles. The predicted octanol–water partition coefficient (Wildman–Crippen LogP) is 4.92. The molecule has 1 fully saturated rings. The van der Waals surface area contributed by atoms with Crippen LogP contribution in [0.4, 0.5) is 23.0 Å². The van der Waals surface area contributed by atoms with Gasteiger partial charge in [-0.1, -0.05) is 35.7 Å². The Balaban J connectivity index is 0.000000150. The van der Waals surface area contributed by atoms with E-state index in [0.717, 1.165) is 37.7 Å². The molecular formula is C34H27N9O6S2. The van der Waals surface area contributed by atoms with Gasteiger partial charge in [0.15, 0.2) is 10.2 Å². The Morgan fingerprint density at radius 3 is 1.76 bits per heavy atom. The second-order valence-corrected chi connectivity index (χ2v) is 13.9. The predicted molar refractivity (Wildman–Crippen MR) is 190 cm³/mol. The van der Waals surface area contributed by atoms with Gasteiger partial charge in [0.2, 0.25) is 0 Å². The number of carbonyl (C=O) groups excluding carboxylic acids is 3. The molecule has 5 N–H and O–H groups in total. The number of ether oxygens (including phenoxy) is 1. The van der Waals surface area contributed by atoms with Crippen LogP contribution in [0.15, 0.2) is 71.0 Å². The first-order valence-corrected chi connectivity index (χ1v) is 17.4. The van der Waals surface area contributed by atoms with Crippen LogP contribution in [0.5, 0.6) is 0 Å². The van der Waals surface area contributed by atoms with Gasteiger partial charge in [0.25, 0.3) is 5.91 Å². The molecular weight excluding hydrogens is 695 g/mol. The molecule has 256 valence electrons. The van der Waals surface area contributed by atoms with E-state index in [1.807, 2.05) is 36.4 Å². The van der Waals surface area contributed by atoms with E-state index in [1.54, 1.807) is 11.0 Å². The van der Waals surface area contributed by atoms with E-state index in [1.165, 1.54) is 42.2 Å². The van der Waals surface area contributed by atoms with Crippen molar-refractivity contribution in [3.05, 3.63) is 83.7 Å². The molecule has 0 saturated carbocycles. The van der Waals surface area contributed by atoms with Crippen molar-refractivity contribution in [2.45, 2.75) is 22.6 Å². The zero-order valence-corrected chi connectivity index (χ0v) is 28.2. The molecule has 3 aliphatic rings. The Bertz CT molecular complexity index is 2390. The highest BCUT2D eigenvalue weighted by Crippen LogP contribution is 2.37. The van der Waals surface area contributed by atoms with Crippen LogP contribution in [-0.2, 0) is 27.2 Å². The molecule has 7 heterocycles. The normalized spacial score (nSPS) is 15.0. The van der Waals surface area contributed by atoms with Crippen LogP contribution in [0.3, 0.4) is 0 Å². The number of nitrogens with one attached hydrogen (secondary N) is 4. The first-order valence-electron chi connectivity index (χ1n) is 15.8. The van der Waals surface area contributed by atoms with Gasteiger partial charge < -0.3 is 35.3 Å². The summed E-state index contributed by atoms with van der Waals surface area (Å²) in [6, 6.07) is 14.8. The number of hydrogen-bond donors (Lipinski definition) is 5. The van der Waals surface area contributed by atoms with E-state index in [4.69, 9.17) is 9.84 Å². The van der Waals surface area contributed by atoms with Crippen molar-refractivity contribution in [3.8, 4) is 0 Å². The third-order valence-corrected chi connectivity index (χ3v) is 10.3. The number of amides is 1. The maximum Gasteiger partial charge on any atom is 0.352 e. The quantitative estimate of drug-likeness (QED) is 0.155. The maximum absolute atomic E-state index is 12.7. The lowest BCUT2D eigenvalue weighted by Crippen LogP contribution is -2.40. The van der Waals surface area contributed by atoms with E-state index < -0.39 is 5.97 Å². The molecule has 17 heteroatoms. The minimum atomic E-state index is -1.05. The van der Waals surface area contributed by atoms with Crippen molar-refractivity contribution in [2.24, 2.45) is 0 Å². The fourth-order valence-corrected chi connectivity index (χ4v) is 7.76. The fraction of sp³-hybridized carbons (Fsp3) is 0.176. The number of hydrogen-bond acceptors (Lipinski definition) is 13. The van der Waals surface area contributed by atoms with Crippen LogP contribution in [-0.4, -0.2) is 88.3 Å². The zero-order valence-electron chi connectivity index (χ0n) is 26.6. The summed E-state index contributed by atoms with van der Waals surface area (Å²) in [5.74, 6) is -0.00865. The van der Waals surface area contributed by atoms with Crippen molar-refractivity contribution in [3.63, 3.8) is 0 Å². The lowest BCUT2D eigenvalue weighted by atomic mass is 10.1. The lowest BCUT2D eigenvalue weighted by Gasteiger charge is -2.26. The highest BCUT2D eigenvalue weighted by atomic mass is 32.2. The number of aromatic amines is 2. The van der Waals surface area contributed by atoms with Crippen molar-refractivity contribution in [1.82, 2.24) is 34.8 Å². The monoisotopic (exact) mass is 721 g/mol. The third-order valence-electron chi connectivity index (χ3n) is 8.39. The topological polar surface area (TPSA) is 208 Å². The summed E-state index contributed by atoms with van der Waals surface area (Å²) < 4.78 is 5.31. The van der Waals surface area contributed by atoms with Crippen molar-refractivity contribution in [2.75, 3.05) is 36.9 Å². The van der Waals surface area contributed by atoms with Gasteiger partial charge in [-0.25, -0.2) is 24.7 Å². The summed E-state index contributed by atoms with van der Waals surface area (Å²) in [5, 5.41) is 17.1. The molecule has 0 radical (unpaired) electrons. The number of morpholine rings is 1. The third kappa shape index (κ3) is 6.73. The van der Waals surface area contributed by atoms with Gasteiger partial charge in [0.05, 0.1) is 24.0 Å². The van der Waals surface area contributed by atoms with Crippen LogP contribution in [0.1, 0.15) is 32.1 Å². The first kappa shape index (κ1) is 32.4. The molecule has 0 unspecified atom stereocenters. The number of rotatable bonds is 6. The molecule has 0 aliphatic carbocycles. The van der Waals surface area contributed by atoms with E-state index in [0.29, 0.717) is 73.2 Å². The number of fused-ring (bicyclic) bond motifs is 4. The fourth-order valence-electron chi connectivity index (χ4n) is 5.89.